The number of aliphatic hydroxyl groups is 2. The Kier molecular flexibility index (Phi) is 13.3. The van der Waals surface area contributed by atoms with Gasteiger partial charge < -0.3 is 24.6 Å². The van der Waals surface area contributed by atoms with Crippen molar-refractivity contribution >= 4 is 13.4 Å². The van der Waals surface area contributed by atoms with E-state index in [0.29, 0.717) is 0 Å². The smallest absolute Gasteiger partial charge is 0.811 e. The van der Waals surface area contributed by atoms with Gasteiger partial charge >= 0.3 is 59.1 Å². The van der Waals surface area contributed by atoms with Gasteiger partial charge in [0.1, 0.15) is 6.10 Å². The third-order valence-corrected chi connectivity index (χ3v) is 2.01. The third kappa shape index (κ3) is 10.3. The molecular weight excluding hydrogens is 233 g/mol. The van der Waals surface area contributed by atoms with E-state index < -0.39 is 31.7 Å². The van der Waals surface area contributed by atoms with Crippen LogP contribution in [0.4, 0.5) is 0 Å². The first-order chi connectivity index (χ1) is 5.24. The van der Waals surface area contributed by atoms with Gasteiger partial charge in [-0.1, -0.05) is 7.60 Å². The number of carbonyl (C=O) groups is 1. The van der Waals surface area contributed by atoms with Gasteiger partial charge in [-0.05, 0) is 6.92 Å². The number of Topliss-reactive ketones (excluding diaryl/α,β-unsaturated/α-hetero) is 1. The molecule has 0 fully saturated rings. The summed E-state index contributed by atoms with van der Waals surface area (Å²) in [6, 6.07) is 0. The molecule has 0 aliphatic heterocycles. The Hall–Kier alpha value is 1.74. The molecule has 0 rings (SSSR count). The maximum Gasteiger partial charge on any atom is 1.00 e. The maximum atomic E-state index is 10.4. The number of ketones is 1. The zero-order valence-corrected chi connectivity index (χ0v) is 13.2. The molecule has 0 bridgehead atoms. The molecule has 0 spiro atoms. The average Bonchev–Trinajstić information content (AvgIpc) is 1.82. The van der Waals surface area contributed by atoms with Crippen molar-refractivity contribution in [1.29, 1.82) is 0 Å². The molecule has 0 aromatic rings. The van der Waals surface area contributed by atoms with Gasteiger partial charge in [-0.2, -0.15) is 0 Å². The van der Waals surface area contributed by atoms with Crippen molar-refractivity contribution in [2.75, 3.05) is 6.16 Å². The second-order valence-electron chi connectivity index (χ2n) is 2.42. The molecule has 14 heavy (non-hydrogen) atoms. The van der Waals surface area contributed by atoms with Gasteiger partial charge in [0.25, 0.3) is 0 Å². The predicted molar refractivity (Wildman–Crippen MR) is 35.2 cm³/mol. The third-order valence-electron chi connectivity index (χ3n) is 1.19. The Morgan fingerprint density at radius 1 is 1.36 bits per heavy atom. The van der Waals surface area contributed by atoms with E-state index >= 15 is 0 Å². The second kappa shape index (κ2) is 8.84. The van der Waals surface area contributed by atoms with Crippen molar-refractivity contribution < 1.29 is 88.5 Å². The van der Waals surface area contributed by atoms with Crippen molar-refractivity contribution in [2.45, 2.75) is 19.1 Å². The van der Waals surface area contributed by atoms with E-state index in [4.69, 9.17) is 10.2 Å². The van der Waals surface area contributed by atoms with Gasteiger partial charge in [-0.15, -0.1) is 0 Å². The van der Waals surface area contributed by atoms with Crippen LogP contribution >= 0.6 is 7.60 Å². The van der Waals surface area contributed by atoms with E-state index in [0.717, 1.165) is 6.92 Å². The van der Waals surface area contributed by atoms with Gasteiger partial charge in [0.15, 0.2) is 5.78 Å². The van der Waals surface area contributed by atoms with Gasteiger partial charge in [-0.25, -0.2) is 0 Å². The normalized spacial score (nSPS) is 14.6. The molecule has 0 radical (unpaired) electrons. The maximum absolute atomic E-state index is 10.4. The van der Waals surface area contributed by atoms with Crippen LogP contribution in [-0.4, -0.2) is 34.4 Å². The molecule has 9 heteroatoms. The Balaban J connectivity index is -0.000000605. The van der Waals surface area contributed by atoms with E-state index in [1.165, 1.54) is 0 Å². The summed E-state index contributed by atoms with van der Waals surface area (Å²) in [5, 5.41) is 17.5. The number of rotatable bonds is 4. The van der Waals surface area contributed by atoms with Crippen LogP contribution in [0, 0.1) is 0 Å². The molecule has 0 amide bonds. The van der Waals surface area contributed by atoms with Crippen molar-refractivity contribution in [2.24, 2.45) is 0 Å². The Labute approximate surface area is 126 Å². The molecule has 0 aromatic carbocycles. The number of hydrogen-bond donors (Lipinski definition) is 2. The molecule has 2 atom stereocenters. The summed E-state index contributed by atoms with van der Waals surface area (Å²) in [4.78, 5) is 30.5. The first-order valence-corrected chi connectivity index (χ1v) is 4.84. The Bertz CT molecular complexity index is 216. The molecule has 2 unspecified atom stereocenters. The number of hydrogen-bond acceptors (Lipinski definition) is 6. The van der Waals surface area contributed by atoms with E-state index in [1.54, 1.807) is 0 Å². The van der Waals surface area contributed by atoms with Gasteiger partial charge in [0, 0.05) is 6.16 Å². The van der Waals surface area contributed by atoms with Gasteiger partial charge in [-0.3, -0.25) is 4.79 Å². The van der Waals surface area contributed by atoms with E-state index in [2.05, 4.69) is 0 Å². The summed E-state index contributed by atoms with van der Waals surface area (Å²) < 4.78 is 10.1. The summed E-state index contributed by atoms with van der Waals surface area (Å²) in [5.41, 5.74) is 0. The molecule has 0 aliphatic rings. The zero-order valence-electron chi connectivity index (χ0n) is 8.34. The molecule has 0 saturated carbocycles. The fourth-order valence-electron chi connectivity index (χ4n) is 0.600. The van der Waals surface area contributed by atoms with Gasteiger partial charge in [0.05, 0.1) is 6.10 Å². The minimum Gasteiger partial charge on any atom is -0.811 e. The SMILES string of the molecule is CC(=O)C(O)C(O)CP(=O)([O-])[O-].[Na+].[Na+]. The zero-order chi connectivity index (χ0) is 9.94. The van der Waals surface area contributed by atoms with Crippen LogP contribution in [0.3, 0.4) is 0 Å². The molecule has 72 valence electrons. The summed E-state index contributed by atoms with van der Waals surface area (Å²) >= 11 is 0. The van der Waals surface area contributed by atoms with Crippen molar-refractivity contribution in [3.8, 4) is 0 Å². The van der Waals surface area contributed by atoms with E-state index in [-0.39, 0.29) is 59.1 Å². The molecule has 0 heterocycles. The van der Waals surface area contributed by atoms with Crippen LogP contribution in [0.1, 0.15) is 6.92 Å². The molecule has 0 aliphatic carbocycles. The molecule has 2 N–H and O–H groups in total. The van der Waals surface area contributed by atoms with Gasteiger partial charge in [0.2, 0.25) is 0 Å². The first kappa shape index (κ1) is 21.1. The summed E-state index contributed by atoms with van der Waals surface area (Å²) in [7, 11) is -4.88. The van der Waals surface area contributed by atoms with Crippen molar-refractivity contribution in [3.63, 3.8) is 0 Å². The van der Waals surface area contributed by atoms with Crippen LogP contribution < -0.4 is 68.9 Å². The predicted octanol–water partition coefficient (Wildman–Crippen LogP) is -8.78. The number of carbonyl (C=O) groups excluding carboxylic acids is 1. The van der Waals surface area contributed by atoms with Crippen LogP contribution in [0.15, 0.2) is 0 Å². The number of aliphatic hydroxyl groups excluding tert-OH is 2. The molecule has 6 nitrogen and oxygen atoms in total. The Morgan fingerprint density at radius 2 is 1.71 bits per heavy atom. The fourth-order valence-corrected chi connectivity index (χ4v) is 1.26. The van der Waals surface area contributed by atoms with Crippen LogP contribution in [-0.2, 0) is 9.36 Å². The standard InChI is InChI=1S/C5H11O6P.2Na/c1-3(6)5(8)4(7)2-12(9,10)11;;/h4-5,7-8H,2H2,1H3,(H2,9,10,11);;/q;2*+1/p-2. The molecule has 0 aromatic heterocycles. The van der Waals surface area contributed by atoms with Crippen LogP contribution in [0.25, 0.3) is 0 Å². The van der Waals surface area contributed by atoms with Crippen LogP contribution in [0.5, 0.6) is 0 Å². The quantitative estimate of drug-likeness (QED) is 0.373. The fraction of sp³-hybridized carbons (Fsp3) is 0.800. The van der Waals surface area contributed by atoms with Crippen molar-refractivity contribution in [3.05, 3.63) is 0 Å². The van der Waals surface area contributed by atoms with Crippen molar-refractivity contribution in [1.82, 2.24) is 0 Å². The minimum atomic E-state index is -4.88. The molecule has 0 saturated heterocycles. The van der Waals surface area contributed by atoms with E-state index in [1.807, 2.05) is 0 Å². The largest absolute Gasteiger partial charge is 1.00 e. The minimum absolute atomic E-state index is 0. The second-order valence-corrected chi connectivity index (χ2v) is 4.00. The average molecular weight is 242 g/mol. The summed E-state index contributed by atoms with van der Waals surface area (Å²) in [6.45, 7) is 0.981. The Morgan fingerprint density at radius 3 is 1.93 bits per heavy atom. The van der Waals surface area contributed by atoms with E-state index in [9.17, 15) is 19.1 Å². The monoisotopic (exact) mass is 242 g/mol. The first-order valence-electron chi connectivity index (χ1n) is 3.11. The summed E-state index contributed by atoms with van der Waals surface area (Å²) in [6.07, 6.45) is -4.77. The summed E-state index contributed by atoms with van der Waals surface area (Å²) in [5.74, 6) is -0.782. The molecular formula is C5H9Na2O6P. The topological polar surface area (TPSA) is 121 Å². The van der Waals surface area contributed by atoms with Crippen LogP contribution in [0.2, 0.25) is 0 Å².